The van der Waals surface area contributed by atoms with E-state index in [0.717, 1.165) is 38.8 Å². The number of amides is 1. The Kier molecular flexibility index (Phi) is 11.1. The molecule has 0 aromatic rings. The van der Waals surface area contributed by atoms with Crippen LogP contribution in [0.25, 0.3) is 0 Å². The molecule has 0 bridgehead atoms. The predicted molar refractivity (Wildman–Crippen MR) is 75.4 cm³/mol. The molecule has 0 aliphatic rings. The third-order valence-electron chi connectivity index (χ3n) is 2.96. The van der Waals surface area contributed by atoms with Crippen molar-refractivity contribution in [2.75, 3.05) is 26.8 Å². The minimum Gasteiger partial charge on any atom is -0.385 e. The molecule has 0 aliphatic carbocycles. The van der Waals surface area contributed by atoms with E-state index in [9.17, 15) is 4.79 Å². The van der Waals surface area contributed by atoms with Crippen molar-refractivity contribution in [1.82, 2.24) is 5.32 Å². The number of rotatable bonds is 11. The van der Waals surface area contributed by atoms with Crippen molar-refractivity contribution in [2.24, 2.45) is 17.6 Å². The summed E-state index contributed by atoms with van der Waals surface area (Å²) >= 11 is 0. The van der Waals surface area contributed by atoms with Gasteiger partial charge in [0.05, 0.1) is 0 Å². The first-order chi connectivity index (χ1) is 8.60. The highest BCUT2D eigenvalue weighted by Gasteiger charge is 2.13. The Morgan fingerprint density at radius 1 is 1.28 bits per heavy atom. The fraction of sp³-hybridized carbons (Fsp3) is 0.929. The second kappa shape index (κ2) is 11.5. The maximum atomic E-state index is 11.7. The number of nitrogens with one attached hydrogen (secondary N) is 1. The highest BCUT2D eigenvalue weighted by atomic mass is 16.5. The summed E-state index contributed by atoms with van der Waals surface area (Å²) in [6.07, 6.45) is 4.77. The smallest absolute Gasteiger partial charge is 0.220 e. The third-order valence-corrected chi connectivity index (χ3v) is 2.96. The van der Waals surface area contributed by atoms with Crippen molar-refractivity contribution in [3.05, 3.63) is 0 Å². The molecule has 0 spiro atoms. The molecule has 0 heterocycles. The van der Waals surface area contributed by atoms with Gasteiger partial charge >= 0.3 is 0 Å². The van der Waals surface area contributed by atoms with E-state index in [2.05, 4.69) is 19.2 Å². The Hall–Kier alpha value is -0.610. The number of carbonyl (C=O) groups excluding carboxylic acids is 1. The van der Waals surface area contributed by atoms with Gasteiger partial charge in [-0.15, -0.1) is 0 Å². The molecule has 0 saturated heterocycles. The summed E-state index contributed by atoms with van der Waals surface area (Å²) in [6, 6.07) is 0. The molecule has 0 aromatic heterocycles. The lowest BCUT2D eigenvalue weighted by molar-refractivity contribution is -0.122. The van der Waals surface area contributed by atoms with Gasteiger partial charge < -0.3 is 15.8 Å². The molecule has 108 valence electrons. The summed E-state index contributed by atoms with van der Waals surface area (Å²) in [5.74, 6) is 1.05. The zero-order chi connectivity index (χ0) is 13.8. The topological polar surface area (TPSA) is 64.3 Å². The number of hydrogen-bond donors (Lipinski definition) is 2. The fourth-order valence-corrected chi connectivity index (χ4v) is 2.04. The van der Waals surface area contributed by atoms with Gasteiger partial charge in [-0.1, -0.05) is 13.8 Å². The molecule has 0 radical (unpaired) electrons. The van der Waals surface area contributed by atoms with Crippen molar-refractivity contribution in [3.8, 4) is 0 Å². The second-order valence-electron chi connectivity index (χ2n) is 5.34. The number of hydrogen-bond acceptors (Lipinski definition) is 3. The van der Waals surface area contributed by atoms with Gasteiger partial charge in [0.15, 0.2) is 0 Å². The van der Waals surface area contributed by atoms with Crippen LogP contribution < -0.4 is 11.1 Å². The van der Waals surface area contributed by atoms with Gasteiger partial charge in [-0.05, 0) is 44.1 Å². The molecule has 0 saturated carbocycles. The maximum Gasteiger partial charge on any atom is 0.220 e. The minimum absolute atomic E-state index is 0.137. The van der Waals surface area contributed by atoms with E-state index in [4.69, 9.17) is 10.5 Å². The lowest BCUT2D eigenvalue weighted by Gasteiger charge is -2.16. The normalized spacial score (nSPS) is 12.7. The third kappa shape index (κ3) is 10.5. The van der Waals surface area contributed by atoms with Crippen molar-refractivity contribution >= 4 is 5.91 Å². The first-order valence-electron chi connectivity index (χ1n) is 7.05. The molecule has 3 N–H and O–H groups in total. The number of ether oxygens (including phenoxy) is 1. The Balaban J connectivity index is 3.56. The van der Waals surface area contributed by atoms with Crippen LogP contribution >= 0.6 is 0 Å². The average molecular weight is 258 g/mol. The quantitative estimate of drug-likeness (QED) is 0.557. The van der Waals surface area contributed by atoms with Gasteiger partial charge in [0.25, 0.3) is 0 Å². The summed E-state index contributed by atoms with van der Waals surface area (Å²) in [5.41, 5.74) is 5.69. The van der Waals surface area contributed by atoms with Crippen LogP contribution in [0.1, 0.15) is 46.0 Å². The number of carbonyl (C=O) groups is 1. The standard InChI is InChI=1S/C14H30N2O2/c1-12(2)9-13(11-15)10-14(17)16-7-5-4-6-8-18-3/h12-13H,4-11,15H2,1-3H3,(H,16,17)/t13-/m0/s1. The second-order valence-corrected chi connectivity index (χ2v) is 5.34. The van der Waals surface area contributed by atoms with E-state index in [1.165, 1.54) is 0 Å². The van der Waals surface area contributed by atoms with E-state index in [-0.39, 0.29) is 5.91 Å². The van der Waals surface area contributed by atoms with Crippen molar-refractivity contribution in [1.29, 1.82) is 0 Å². The van der Waals surface area contributed by atoms with Crippen LogP contribution in [0.15, 0.2) is 0 Å². The lowest BCUT2D eigenvalue weighted by Crippen LogP contribution is -2.29. The van der Waals surface area contributed by atoms with Crippen molar-refractivity contribution in [3.63, 3.8) is 0 Å². The van der Waals surface area contributed by atoms with Crippen LogP contribution in [0.3, 0.4) is 0 Å². The Morgan fingerprint density at radius 2 is 2.00 bits per heavy atom. The van der Waals surface area contributed by atoms with Crippen LogP contribution in [-0.4, -0.2) is 32.7 Å². The molecule has 0 aromatic carbocycles. The number of methoxy groups -OCH3 is 1. The van der Waals surface area contributed by atoms with Gasteiger partial charge in [0, 0.05) is 26.7 Å². The van der Waals surface area contributed by atoms with Gasteiger partial charge in [-0.3, -0.25) is 4.79 Å². The fourth-order valence-electron chi connectivity index (χ4n) is 2.04. The molecule has 4 heteroatoms. The minimum atomic E-state index is 0.137. The molecule has 0 unspecified atom stereocenters. The zero-order valence-electron chi connectivity index (χ0n) is 12.2. The Labute approximate surface area is 112 Å². The molecule has 0 aliphatic heterocycles. The van der Waals surface area contributed by atoms with E-state index < -0.39 is 0 Å². The maximum absolute atomic E-state index is 11.7. The largest absolute Gasteiger partial charge is 0.385 e. The number of nitrogens with two attached hydrogens (primary N) is 1. The first-order valence-corrected chi connectivity index (χ1v) is 7.05. The van der Waals surface area contributed by atoms with Crippen LogP contribution in [-0.2, 0) is 9.53 Å². The highest BCUT2D eigenvalue weighted by molar-refractivity contribution is 5.76. The van der Waals surface area contributed by atoms with Crippen LogP contribution in [0.2, 0.25) is 0 Å². The first kappa shape index (κ1) is 17.4. The van der Waals surface area contributed by atoms with Crippen molar-refractivity contribution in [2.45, 2.75) is 46.0 Å². The van der Waals surface area contributed by atoms with Crippen molar-refractivity contribution < 1.29 is 9.53 Å². The molecule has 0 fully saturated rings. The molecular weight excluding hydrogens is 228 g/mol. The van der Waals surface area contributed by atoms with E-state index in [1.54, 1.807) is 7.11 Å². The van der Waals surface area contributed by atoms with E-state index in [1.807, 2.05) is 0 Å². The Morgan fingerprint density at radius 3 is 2.56 bits per heavy atom. The zero-order valence-corrected chi connectivity index (χ0v) is 12.2. The van der Waals surface area contributed by atoms with E-state index >= 15 is 0 Å². The summed E-state index contributed by atoms with van der Waals surface area (Å²) in [5, 5.41) is 2.96. The monoisotopic (exact) mass is 258 g/mol. The molecule has 1 amide bonds. The number of unbranched alkanes of at least 4 members (excludes halogenated alkanes) is 2. The lowest BCUT2D eigenvalue weighted by atomic mass is 9.94. The highest BCUT2D eigenvalue weighted by Crippen LogP contribution is 2.13. The summed E-state index contributed by atoms with van der Waals surface area (Å²) < 4.78 is 4.97. The molecule has 4 nitrogen and oxygen atoms in total. The van der Waals surface area contributed by atoms with Gasteiger partial charge in [-0.25, -0.2) is 0 Å². The van der Waals surface area contributed by atoms with E-state index in [0.29, 0.717) is 24.8 Å². The summed E-state index contributed by atoms with van der Waals surface area (Å²) in [4.78, 5) is 11.7. The average Bonchev–Trinajstić information content (AvgIpc) is 2.32. The SMILES string of the molecule is COCCCCCNC(=O)C[C@@H](CN)CC(C)C. The van der Waals surface area contributed by atoms with Crippen LogP contribution in [0, 0.1) is 11.8 Å². The molecule has 0 rings (SSSR count). The molecular formula is C14H30N2O2. The van der Waals surface area contributed by atoms with Crippen LogP contribution in [0.4, 0.5) is 0 Å². The molecule has 1 atom stereocenters. The summed E-state index contributed by atoms with van der Waals surface area (Å²) in [6.45, 7) is 6.49. The molecule has 18 heavy (non-hydrogen) atoms. The van der Waals surface area contributed by atoms with Crippen LogP contribution in [0.5, 0.6) is 0 Å². The predicted octanol–water partition coefficient (Wildman–Crippen LogP) is 1.93. The van der Waals surface area contributed by atoms with Gasteiger partial charge in [0.1, 0.15) is 0 Å². The van der Waals surface area contributed by atoms with Gasteiger partial charge in [0.2, 0.25) is 5.91 Å². The van der Waals surface area contributed by atoms with Gasteiger partial charge in [-0.2, -0.15) is 0 Å². The Bertz CT molecular complexity index is 208. The summed E-state index contributed by atoms with van der Waals surface area (Å²) in [7, 11) is 1.71.